The van der Waals surface area contributed by atoms with Crippen molar-refractivity contribution in [3.8, 4) is 6.07 Å². The van der Waals surface area contributed by atoms with E-state index in [0.29, 0.717) is 0 Å². The molecule has 0 aromatic heterocycles. The zero-order valence-electron chi connectivity index (χ0n) is 10.8. The molecule has 0 heterocycles. The molecule has 1 aromatic carbocycles. The lowest BCUT2D eigenvalue weighted by Gasteiger charge is -2.20. The van der Waals surface area contributed by atoms with E-state index in [1.54, 1.807) is 31.3 Å². The molecule has 0 spiro atoms. The minimum absolute atomic E-state index is 0.0716. The second-order valence-corrected chi connectivity index (χ2v) is 6.42. The van der Waals surface area contributed by atoms with E-state index in [-0.39, 0.29) is 23.9 Å². The molecule has 6 heteroatoms. The first-order valence-electron chi connectivity index (χ1n) is 6.26. The Hall–Kier alpha value is -1.58. The molecule has 0 aliphatic heterocycles. The smallest absolute Gasteiger partial charge is 0.243 e. The number of nitriles is 1. The Morgan fingerprint density at radius 2 is 2.00 bits per heavy atom. The van der Waals surface area contributed by atoms with Crippen LogP contribution in [-0.4, -0.2) is 32.4 Å². The number of nitrogens with one attached hydrogen (secondary N) is 1. The largest absolute Gasteiger partial charge is 0.388 e. The second-order valence-electron chi connectivity index (χ2n) is 4.53. The highest BCUT2D eigenvalue weighted by Gasteiger charge is 2.37. The van der Waals surface area contributed by atoms with Gasteiger partial charge in [-0.25, -0.2) is 8.42 Å². The van der Waals surface area contributed by atoms with Gasteiger partial charge in [0.25, 0.3) is 0 Å². The van der Waals surface area contributed by atoms with Crippen molar-refractivity contribution in [3.05, 3.63) is 24.3 Å². The lowest BCUT2D eigenvalue weighted by atomic mass is 10.3. The summed E-state index contributed by atoms with van der Waals surface area (Å²) in [6.45, 7) is 0.275. The molecule has 19 heavy (non-hydrogen) atoms. The van der Waals surface area contributed by atoms with Gasteiger partial charge in [-0.2, -0.15) is 9.57 Å². The van der Waals surface area contributed by atoms with E-state index < -0.39 is 10.0 Å². The zero-order chi connectivity index (χ0) is 13.9. The SMILES string of the molecule is CNc1ccc(S(=O)(=O)N(CCC#N)C2CC2)cc1. The summed E-state index contributed by atoms with van der Waals surface area (Å²) in [5.41, 5.74) is 0.869. The molecule has 0 amide bonds. The Morgan fingerprint density at radius 3 is 2.47 bits per heavy atom. The third-order valence-electron chi connectivity index (χ3n) is 3.15. The van der Waals surface area contributed by atoms with E-state index in [1.165, 1.54) is 4.31 Å². The van der Waals surface area contributed by atoms with Crippen molar-refractivity contribution in [3.63, 3.8) is 0 Å². The number of sulfonamides is 1. The lowest BCUT2D eigenvalue weighted by Crippen LogP contribution is -2.33. The molecule has 0 atom stereocenters. The van der Waals surface area contributed by atoms with E-state index in [4.69, 9.17) is 5.26 Å². The van der Waals surface area contributed by atoms with Crippen molar-refractivity contribution in [1.29, 1.82) is 5.26 Å². The Kier molecular flexibility index (Phi) is 4.08. The van der Waals surface area contributed by atoms with E-state index in [1.807, 2.05) is 6.07 Å². The van der Waals surface area contributed by atoms with Gasteiger partial charge in [-0.1, -0.05) is 0 Å². The van der Waals surface area contributed by atoms with Gasteiger partial charge in [-0.05, 0) is 37.1 Å². The number of anilines is 1. The number of hydrogen-bond donors (Lipinski definition) is 1. The quantitative estimate of drug-likeness (QED) is 0.861. The molecule has 102 valence electrons. The molecule has 1 aliphatic carbocycles. The third kappa shape index (κ3) is 3.06. The number of rotatable bonds is 6. The second kappa shape index (κ2) is 5.59. The fraction of sp³-hybridized carbons (Fsp3) is 0.462. The average molecular weight is 279 g/mol. The Labute approximate surface area is 113 Å². The molecular formula is C13H17N3O2S. The van der Waals surface area contributed by atoms with Gasteiger partial charge in [0.1, 0.15) is 0 Å². The Morgan fingerprint density at radius 1 is 1.37 bits per heavy atom. The van der Waals surface area contributed by atoms with E-state index in [2.05, 4.69) is 5.32 Å². The van der Waals surface area contributed by atoms with Crippen LogP contribution in [0.25, 0.3) is 0 Å². The number of hydrogen-bond acceptors (Lipinski definition) is 4. The van der Waals surface area contributed by atoms with Crippen molar-refractivity contribution in [1.82, 2.24) is 4.31 Å². The summed E-state index contributed by atoms with van der Waals surface area (Å²) in [4.78, 5) is 0.288. The molecular weight excluding hydrogens is 262 g/mol. The van der Waals surface area contributed by atoms with Crippen molar-refractivity contribution in [2.45, 2.75) is 30.2 Å². The van der Waals surface area contributed by atoms with Gasteiger partial charge < -0.3 is 5.32 Å². The Bertz CT molecular complexity index is 571. The minimum Gasteiger partial charge on any atom is -0.388 e. The van der Waals surface area contributed by atoms with E-state index in [0.717, 1.165) is 18.5 Å². The molecule has 0 unspecified atom stereocenters. The molecule has 5 nitrogen and oxygen atoms in total. The van der Waals surface area contributed by atoms with Crippen LogP contribution in [0.15, 0.2) is 29.2 Å². The highest BCUT2D eigenvalue weighted by molar-refractivity contribution is 7.89. The van der Waals surface area contributed by atoms with Crippen LogP contribution >= 0.6 is 0 Å². The molecule has 1 aliphatic rings. The molecule has 1 aromatic rings. The summed E-state index contributed by atoms with van der Waals surface area (Å²) in [5, 5.41) is 11.6. The van der Waals surface area contributed by atoms with Crippen molar-refractivity contribution >= 4 is 15.7 Å². The van der Waals surface area contributed by atoms with Gasteiger partial charge >= 0.3 is 0 Å². The third-order valence-corrected chi connectivity index (χ3v) is 5.11. The van der Waals surface area contributed by atoms with Crippen LogP contribution in [0.1, 0.15) is 19.3 Å². The number of benzene rings is 1. The van der Waals surface area contributed by atoms with Crippen LogP contribution in [0.3, 0.4) is 0 Å². The zero-order valence-corrected chi connectivity index (χ0v) is 11.7. The first kappa shape index (κ1) is 13.8. The fourth-order valence-corrected chi connectivity index (χ4v) is 3.64. The van der Waals surface area contributed by atoms with Gasteiger partial charge in [0, 0.05) is 31.7 Å². The maximum Gasteiger partial charge on any atom is 0.243 e. The summed E-state index contributed by atoms with van der Waals surface area (Å²) in [5.74, 6) is 0. The van der Waals surface area contributed by atoms with Crippen LogP contribution in [0, 0.1) is 11.3 Å². The van der Waals surface area contributed by atoms with Crippen molar-refractivity contribution < 1.29 is 8.42 Å². The van der Waals surface area contributed by atoms with Crippen LogP contribution in [0.4, 0.5) is 5.69 Å². The highest BCUT2D eigenvalue weighted by atomic mass is 32.2. The van der Waals surface area contributed by atoms with Crippen LogP contribution in [0.2, 0.25) is 0 Å². The maximum atomic E-state index is 12.5. The normalized spacial score (nSPS) is 15.2. The van der Waals surface area contributed by atoms with Crippen LogP contribution in [0.5, 0.6) is 0 Å². The van der Waals surface area contributed by atoms with Crippen molar-refractivity contribution in [2.75, 3.05) is 18.9 Å². The predicted molar refractivity (Wildman–Crippen MR) is 73.1 cm³/mol. The van der Waals surface area contributed by atoms with E-state index in [9.17, 15) is 8.42 Å². The molecule has 2 rings (SSSR count). The average Bonchev–Trinajstić information content (AvgIpc) is 3.23. The Balaban J connectivity index is 2.25. The molecule has 0 saturated heterocycles. The maximum absolute atomic E-state index is 12.5. The van der Waals surface area contributed by atoms with Gasteiger partial charge in [0.2, 0.25) is 10.0 Å². The van der Waals surface area contributed by atoms with Gasteiger partial charge in [-0.3, -0.25) is 0 Å². The predicted octanol–water partition coefficient (Wildman–Crippen LogP) is 1.80. The molecule has 0 bridgehead atoms. The van der Waals surface area contributed by atoms with E-state index >= 15 is 0 Å². The minimum atomic E-state index is -3.48. The van der Waals surface area contributed by atoms with Crippen molar-refractivity contribution in [2.24, 2.45) is 0 Å². The van der Waals surface area contributed by atoms with Crippen LogP contribution < -0.4 is 5.32 Å². The molecule has 1 N–H and O–H groups in total. The summed E-state index contributed by atoms with van der Waals surface area (Å²) < 4.78 is 26.5. The van der Waals surface area contributed by atoms with Gasteiger partial charge in [0.05, 0.1) is 11.0 Å². The fourth-order valence-electron chi connectivity index (χ4n) is 1.95. The summed E-state index contributed by atoms with van der Waals surface area (Å²) in [7, 11) is -1.70. The first-order chi connectivity index (χ1) is 9.09. The van der Waals surface area contributed by atoms with Gasteiger partial charge in [0.15, 0.2) is 0 Å². The highest BCUT2D eigenvalue weighted by Crippen LogP contribution is 2.32. The van der Waals surface area contributed by atoms with Crippen LogP contribution in [-0.2, 0) is 10.0 Å². The van der Waals surface area contributed by atoms with Gasteiger partial charge in [-0.15, -0.1) is 0 Å². The standard InChI is InChI=1S/C13H17N3O2S/c1-15-11-3-7-13(8-4-11)19(17,18)16(10-2-9-14)12-5-6-12/h3-4,7-8,12,15H,2,5-6,10H2,1H3. The molecule has 0 radical (unpaired) electrons. The monoisotopic (exact) mass is 279 g/mol. The summed E-state index contributed by atoms with van der Waals surface area (Å²) >= 11 is 0. The lowest BCUT2D eigenvalue weighted by molar-refractivity contribution is 0.411. The molecule has 1 fully saturated rings. The topological polar surface area (TPSA) is 73.2 Å². The first-order valence-corrected chi connectivity index (χ1v) is 7.70. The number of nitrogens with zero attached hydrogens (tertiary/aromatic N) is 2. The summed E-state index contributed by atoms with van der Waals surface area (Å²) in [6.07, 6.45) is 2.00. The molecule has 1 saturated carbocycles. The summed E-state index contributed by atoms with van der Waals surface area (Å²) in [6, 6.07) is 8.76.